The number of para-hydroxylation sites is 1. The van der Waals surface area contributed by atoms with Gasteiger partial charge in [0.25, 0.3) is 0 Å². The summed E-state index contributed by atoms with van der Waals surface area (Å²) in [4.78, 5) is 6.93. The average molecular weight is 338 g/mol. The van der Waals surface area contributed by atoms with Gasteiger partial charge < -0.3 is 9.30 Å². The van der Waals surface area contributed by atoms with Crippen LogP contribution in [0.1, 0.15) is 17.4 Å². The van der Waals surface area contributed by atoms with Crippen LogP contribution in [0.15, 0.2) is 48.9 Å². The third kappa shape index (κ3) is 3.20. The molecule has 7 heteroatoms. The maximum atomic E-state index is 5.71. The first kappa shape index (κ1) is 16.0. The molecule has 2 aromatic heterocycles. The van der Waals surface area contributed by atoms with Gasteiger partial charge in [0, 0.05) is 57.4 Å². The smallest absolute Gasteiger partial charge is 0.127 e. The number of benzene rings is 1. The van der Waals surface area contributed by atoms with Crippen LogP contribution in [0.25, 0.3) is 5.69 Å². The highest BCUT2D eigenvalue weighted by Crippen LogP contribution is 2.29. The highest BCUT2D eigenvalue weighted by molar-refractivity contribution is 5.32. The molecule has 1 aliphatic rings. The predicted molar refractivity (Wildman–Crippen MR) is 93.4 cm³/mol. The Morgan fingerprint density at radius 3 is 2.76 bits per heavy atom. The van der Waals surface area contributed by atoms with Crippen molar-refractivity contribution in [1.29, 1.82) is 0 Å². The highest BCUT2D eigenvalue weighted by atomic mass is 16.5. The molecule has 0 unspecified atom stereocenters. The van der Waals surface area contributed by atoms with E-state index in [0.29, 0.717) is 0 Å². The molecular weight excluding hydrogens is 316 g/mol. The minimum atomic E-state index is 0.122. The van der Waals surface area contributed by atoms with Crippen LogP contribution in [0.2, 0.25) is 0 Å². The largest absolute Gasteiger partial charge is 0.379 e. The van der Waals surface area contributed by atoms with Gasteiger partial charge in [-0.05, 0) is 12.1 Å². The van der Waals surface area contributed by atoms with Crippen LogP contribution in [0.5, 0.6) is 0 Å². The summed E-state index contributed by atoms with van der Waals surface area (Å²) in [5.74, 6) is 1.26. The molecule has 0 N–H and O–H groups in total. The summed E-state index contributed by atoms with van der Waals surface area (Å²) >= 11 is 0. The number of methoxy groups -OCH3 is 1. The van der Waals surface area contributed by atoms with Gasteiger partial charge in [0.2, 0.25) is 0 Å². The number of aromatic nitrogens is 5. The van der Waals surface area contributed by atoms with Crippen molar-refractivity contribution in [2.45, 2.75) is 18.6 Å². The second-order valence-electron chi connectivity index (χ2n) is 6.44. The molecule has 1 aromatic carbocycles. The van der Waals surface area contributed by atoms with Gasteiger partial charge in [-0.1, -0.05) is 23.4 Å². The molecule has 3 heterocycles. The molecule has 1 aliphatic heterocycles. The zero-order chi connectivity index (χ0) is 17.2. The lowest BCUT2D eigenvalue weighted by molar-refractivity contribution is 0.0954. The minimum absolute atomic E-state index is 0.122. The molecule has 4 rings (SSSR count). The quantitative estimate of drug-likeness (QED) is 0.707. The van der Waals surface area contributed by atoms with Crippen molar-refractivity contribution in [3.63, 3.8) is 0 Å². The third-order valence-corrected chi connectivity index (χ3v) is 4.76. The number of aryl methyl sites for hydroxylation is 1. The van der Waals surface area contributed by atoms with Crippen molar-refractivity contribution in [3.8, 4) is 5.69 Å². The zero-order valence-electron chi connectivity index (χ0n) is 14.5. The lowest BCUT2D eigenvalue weighted by Crippen LogP contribution is -2.24. The molecule has 7 nitrogen and oxygen atoms in total. The first-order chi connectivity index (χ1) is 12.2. The van der Waals surface area contributed by atoms with Gasteiger partial charge >= 0.3 is 0 Å². The van der Waals surface area contributed by atoms with Crippen LogP contribution in [-0.2, 0) is 18.3 Å². The van der Waals surface area contributed by atoms with Crippen LogP contribution in [0.4, 0.5) is 0 Å². The molecule has 2 atom stereocenters. The number of likely N-dealkylation sites (tertiary alicyclic amines) is 1. The Kier molecular flexibility index (Phi) is 4.33. The van der Waals surface area contributed by atoms with Gasteiger partial charge in [-0.15, -0.1) is 5.10 Å². The number of imidazole rings is 1. The number of rotatable bonds is 5. The molecule has 1 saturated heterocycles. The van der Waals surface area contributed by atoms with E-state index in [9.17, 15) is 0 Å². The normalized spacial score (nSPS) is 21.0. The number of nitrogens with zero attached hydrogens (tertiary/aromatic N) is 6. The van der Waals surface area contributed by atoms with Crippen molar-refractivity contribution < 1.29 is 4.74 Å². The van der Waals surface area contributed by atoms with Crippen LogP contribution in [0, 0.1) is 0 Å². The molecule has 0 radical (unpaired) electrons. The van der Waals surface area contributed by atoms with E-state index in [2.05, 4.69) is 36.9 Å². The molecule has 0 amide bonds. The summed E-state index contributed by atoms with van der Waals surface area (Å²) in [7, 11) is 3.66. The topological polar surface area (TPSA) is 61.0 Å². The fourth-order valence-electron chi connectivity index (χ4n) is 3.51. The number of hydrogen-bond donors (Lipinski definition) is 0. The van der Waals surface area contributed by atoms with Crippen molar-refractivity contribution in [2.24, 2.45) is 7.05 Å². The second-order valence-corrected chi connectivity index (χ2v) is 6.44. The molecule has 130 valence electrons. The van der Waals surface area contributed by atoms with E-state index in [0.717, 1.165) is 36.8 Å². The Balaban J connectivity index is 1.52. The molecular formula is C18H22N6O. The lowest BCUT2D eigenvalue weighted by Gasteiger charge is -2.16. The van der Waals surface area contributed by atoms with E-state index in [1.807, 2.05) is 43.8 Å². The van der Waals surface area contributed by atoms with Gasteiger partial charge in [0.1, 0.15) is 5.82 Å². The van der Waals surface area contributed by atoms with Crippen molar-refractivity contribution in [1.82, 2.24) is 29.4 Å². The summed E-state index contributed by atoms with van der Waals surface area (Å²) in [5, 5.41) is 8.34. The fourth-order valence-corrected chi connectivity index (χ4v) is 3.51. The summed E-state index contributed by atoms with van der Waals surface area (Å²) in [6.45, 7) is 2.52. The van der Waals surface area contributed by atoms with Gasteiger partial charge in [0.05, 0.1) is 18.3 Å². The maximum Gasteiger partial charge on any atom is 0.127 e. The standard InChI is InChI=1S/C18H22N6O/c1-22-11-16(20-21-22)15-10-23(12-17(15)25-2)13-18-19-8-9-24(18)14-6-4-3-5-7-14/h3-9,11,15,17H,10,12-13H2,1-2H3/t15-,17+/m0/s1. The second kappa shape index (κ2) is 6.78. The summed E-state index contributed by atoms with van der Waals surface area (Å²) < 4.78 is 9.59. The summed E-state index contributed by atoms with van der Waals surface area (Å²) in [5.41, 5.74) is 2.12. The maximum absolute atomic E-state index is 5.71. The minimum Gasteiger partial charge on any atom is -0.379 e. The fraction of sp³-hybridized carbons (Fsp3) is 0.389. The molecule has 25 heavy (non-hydrogen) atoms. The van der Waals surface area contributed by atoms with E-state index in [-0.39, 0.29) is 12.0 Å². The van der Waals surface area contributed by atoms with Gasteiger partial charge in [-0.3, -0.25) is 9.58 Å². The van der Waals surface area contributed by atoms with E-state index in [4.69, 9.17) is 4.74 Å². The van der Waals surface area contributed by atoms with E-state index in [1.165, 1.54) is 0 Å². The molecule has 1 fully saturated rings. The summed E-state index contributed by atoms with van der Waals surface area (Å²) in [6, 6.07) is 10.3. The van der Waals surface area contributed by atoms with Crippen molar-refractivity contribution in [3.05, 3.63) is 60.4 Å². The van der Waals surface area contributed by atoms with Crippen LogP contribution in [0.3, 0.4) is 0 Å². The molecule has 0 spiro atoms. The zero-order valence-corrected chi connectivity index (χ0v) is 14.5. The Bertz CT molecular complexity index is 827. The van der Waals surface area contributed by atoms with Crippen LogP contribution < -0.4 is 0 Å². The number of ether oxygens (including phenoxy) is 1. The van der Waals surface area contributed by atoms with E-state index in [1.54, 1.807) is 11.8 Å². The van der Waals surface area contributed by atoms with E-state index >= 15 is 0 Å². The van der Waals surface area contributed by atoms with Crippen molar-refractivity contribution in [2.75, 3.05) is 20.2 Å². The van der Waals surface area contributed by atoms with Crippen LogP contribution >= 0.6 is 0 Å². The first-order valence-corrected chi connectivity index (χ1v) is 8.43. The third-order valence-electron chi connectivity index (χ3n) is 4.76. The average Bonchev–Trinajstić information content (AvgIpc) is 3.35. The molecule has 3 aromatic rings. The van der Waals surface area contributed by atoms with Crippen molar-refractivity contribution >= 4 is 0 Å². The van der Waals surface area contributed by atoms with Crippen LogP contribution in [-0.4, -0.2) is 55.7 Å². The van der Waals surface area contributed by atoms with Gasteiger partial charge in [-0.25, -0.2) is 4.98 Å². The van der Waals surface area contributed by atoms with Gasteiger partial charge in [-0.2, -0.15) is 0 Å². The lowest BCUT2D eigenvalue weighted by atomic mass is 10.0. The highest BCUT2D eigenvalue weighted by Gasteiger charge is 2.36. The predicted octanol–water partition coefficient (Wildman–Crippen LogP) is 1.62. The molecule has 0 aliphatic carbocycles. The van der Waals surface area contributed by atoms with E-state index < -0.39 is 0 Å². The summed E-state index contributed by atoms with van der Waals surface area (Å²) in [6.07, 6.45) is 5.96. The Labute approximate surface area is 146 Å². The first-order valence-electron chi connectivity index (χ1n) is 8.43. The Morgan fingerprint density at radius 2 is 2.04 bits per heavy atom. The van der Waals surface area contributed by atoms with Gasteiger partial charge in [0.15, 0.2) is 0 Å². The molecule has 0 bridgehead atoms. The molecule has 0 saturated carbocycles. The Morgan fingerprint density at radius 1 is 1.20 bits per heavy atom. The Hall–Kier alpha value is -2.51. The number of hydrogen-bond acceptors (Lipinski definition) is 5. The SMILES string of the molecule is CO[C@@H]1CN(Cc2nccn2-c2ccccc2)C[C@H]1c1cn(C)nn1. The monoisotopic (exact) mass is 338 g/mol.